The molecule has 4 nitrogen and oxygen atoms in total. The zero-order chi connectivity index (χ0) is 19.2. The molecule has 5 heteroatoms. The highest BCUT2D eigenvalue weighted by molar-refractivity contribution is 6.30. The number of halogens is 1. The number of ether oxygens (including phenoxy) is 1. The maximum Gasteiger partial charge on any atom is 0.255 e. The van der Waals surface area contributed by atoms with E-state index in [0.29, 0.717) is 27.6 Å². The third-order valence-corrected chi connectivity index (χ3v) is 4.30. The average Bonchev–Trinajstić information content (AvgIpc) is 2.69. The fraction of sp³-hybridized carbons (Fsp3) is 0.0909. The quantitative estimate of drug-likeness (QED) is 0.652. The Morgan fingerprint density at radius 2 is 1.93 bits per heavy atom. The summed E-state index contributed by atoms with van der Waals surface area (Å²) in [4.78, 5) is 12.5. The molecule has 0 bridgehead atoms. The van der Waals surface area contributed by atoms with Crippen LogP contribution in [0.2, 0.25) is 5.02 Å². The number of hydrogen-bond donors (Lipinski definition) is 1. The van der Waals surface area contributed by atoms with Crippen molar-refractivity contribution in [2.24, 2.45) is 0 Å². The van der Waals surface area contributed by atoms with Crippen LogP contribution in [0.4, 0.5) is 5.69 Å². The molecular weight excluding hydrogens is 360 g/mol. The topological polar surface area (TPSA) is 62.1 Å². The van der Waals surface area contributed by atoms with Crippen LogP contribution in [-0.2, 0) is 6.61 Å². The van der Waals surface area contributed by atoms with Crippen LogP contribution in [0, 0.1) is 18.3 Å². The Bertz CT molecular complexity index is 1020. The number of carbonyl (C=O) groups is 1. The molecule has 0 spiro atoms. The molecule has 0 heterocycles. The molecule has 0 saturated heterocycles. The zero-order valence-corrected chi connectivity index (χ0v) is 15.5. The number of amides is 1. The largest absolute Gasteiger partial charge is 0.489 e. The molecule has 0 aromatic heterocycles. The number of aryl methyl sites for hydroxylation is 1. The maximum absolute atomic E-state index is 12.5. The molecule has 3 aromatic carbocycles. The maximum atomic E-state index is 12.5. The summed E-state index contributed by atoms with van der Waals surface area (Å²) in [5.74, 6) is 0.325. The summed E-state index contributed by atoms with van der Waals surface area (Å²) < 4.78 is 5.77. The third kappa shape index (κ3) is 4.66. The van der Waals surface area contributed by atoms with Gasteiger partial charge < -0.3 is 10.1 Å². The Kier molecular flexibility index (Phi) is 5.75. The van der Waals surface area contributed by atoms with E-state index in [-0.39, 0.29) is 12.5 Å². The van der Waals surface area contributed by atoms with Gasteiger partial charge in [-0.15, -0.1) is 0 Å². The van der Waals surface area contributed by atoms with Crippen LogP contribution in [0.15, 0.2) is 66.7 Å². The second kappa shape index (κ2) is 8.39. The normalized spacial score (nSPS) is 10.1. The van der Waals surface area contributed by atoms with Crippen LogP contribution in [0.5, 0.6) is 5.75 Å². The number of hydrogen-bond acceptors (Lipinski definition) is 3. The molecule has 0 saturated carbocycles. The van der Waals surface area contributed by atoms with Gasteiger partial charge in [-0.25, -0.2) is 0 Å². The lowest BCUT2D eigenvalue weighted by molar-refractivity contribution is 0.102. The summed E-state index contributed by atoms with van der Waals surface area (Å²) in [6.45, 7) is 2.14. The molecule has 1 N–H and O–H groups in total. The number of benzene rings is 3. The summed E-state index contributed by atoms with van der Waals surface area (Å²) in [6, 6.07) is 21.6. The summed E-state index contributed by atoms with van der Waals surface area (Å²) in [5.41, 5.74) is 3.45. The Hall–Kier alpha value is -3.29. The Labute approximate surface area is 163 Å². The highest BCUT2D eigenvalue weighted by Crippen LogP contribution is 2.22. The first-order valence-electron chi connectivity index (χ1n) is 8.35. The minimum absolute atomic E-state index is 0.233. The Morgan fingerprint density at radius 3 is 2.70 bits per heavy atom. The van der Waals surface area contributed by atoms with Crippen LogP contribution in [-0.4, -0.2) is 5.91 Å². The third-order valence-electron chi connectivity index (χ3n) is 4.07. The molecule has 0 aliphatic carbocycles. The van der Waals surface area contributed by atoms with Gasteiger partial charge in [0.1, 0.15) is 12.4 Å². The molecule has 0 fully saturated rings. The van der Waals surface area contributed by atoms with E-state index in [0.717, 1.165) is 11.1 Å². The molecule has 0 aliphatic heterocycles. The summed E-state index contributed by atoms with van der Waals surface area (Å²) in [5, 5.41) is 12.6. The van der Waals surface area contributed by atoms with Gasteiger partial charge in [0.2, 0.25) is 0 Å². The van der Waals surface area contributed by atoms with Crippen LogP contribution < -0.4 is 10.1 Å². The van der Waals surface area contributed by atoms with Gasteiger partial charge in [-0.2, -0.15) is 5.26 Å². The van der Waals surface area contributed by atoms with E-state index in [2.05, 4.69) is 11.4 Å². The summed E-state index contributed by atoms with van der Waals surface area (Å²) in [6.07, 6.45) is 0. The standard InChI is InChI=1S/C22H17ClN2O2/c1-15-11-19(23)9-10-21(15)25-22(26)16-7-4-8-20(12-16)27-14-18-6-3-2-5-17(18)13-24/h2-12H,14H2,1H3,(H,25,26). The van der Waals surface area contributed by atoms with Gasteiger partial charge in [-0.05, 0) is 55.0 Å². The number of nitriles is 1. The van der Waals surface area contributed by atoms with Crippen molar-refractivity contribution < 1.29 is 9.53 Å². The van der Waals surface area contributed by atoms with Gasteiger partial charge in [0, 0.05) is 21.8 Å². The predicted molar refractivity (Wildman–Crippen MR) is 106 cm³/mol. The van der Waals surface area contributed by atoms with E-state index in [1.807, 2.05) is 25.1 Å². The molecule has 134 valence electrons. The predicted octanol–water partition coefficient (Wildman–Crippen LogP) is 5.35. The van der Waals surface area contributed by atoms with E-state index in [1.165, 1.54) is 0 Å². The molecule has 3 rings (SSSR count). The van der Waals surface area contributed by atoms with Crippen molar-refractivity contribution in [3.8, 4) is 11.8 Å². The Balaban J connectivity index is 1.71. The number of rotatable bonds is 5. The minimum atomic E-state index is -0.233. The molecule has 1 amide bonds. The van der Waals surface area contributed by atoms with E-state index < -0.39 is 0 Å². The zero-order valence-electron chi connectivity index (χ0n) is 14.7. The van der Waals surface area contributed by atoms with Gasteiger partial charge in [-0.1, -0.05) is 35.9 Å². The van der Waals surface area contributed by atoms with E-state index in [1.54, 1.807) is 48.5 Å². The molecule has 0 unspecified atom stereocenters. The lowest BCUT2D eigenvalue weighted by Gasteiger charge is -2.11. The SMILES string of the molecule is Cc1cc(Cl)ccc1NC(=O)c1cccc(OCc2ccccc2C#N)c1. The van der Waals surface area contributed by atoms with Crippen LogP contribution in [0.3, 0.4) is 0 Å². The van der Waals surface area contributed by atoms with E-state index in [4.69, 9.17) is 21.6 Å². The van der Waals surface area contributed by atoms with Crippen molar-refractivity contribution in [3.05, 3.63) is 94.0 Å². The van der Waals surface area contributed by atoms with Gasteiger partial charge in [0.05, 0.1) is 11.6 Å². The van der Waals surface area contributed by atoms with Gasteiger partial charge in [-0.3, -0.25) is 4.79 Å². The average molecular weight is 377 g/mol. The lowest BCUT2D eigenvalue weighted by atomic mass is 10.1. The van der Waals surface area contributed by atoms with Crippen molar-refractivity contribution in [3.63, 3.8) is 0 Å². The minimum Gasteiger partial charge on any atom is -0.489 e. The lowest BCUT2D eigenvalue weighted by Crippen LogP contribution is -2.12. The van der Waals surface area contributed by atoms with Crippen molar-refractivity contribution >= 4 is 23.2 Å². The molecular formula is C22H17ClN2O2. The van der Waals surface area contributed by atoms with Crippen LogP contribution in [0.1, 0.15) is 27.0 Å². The van der Waals surface area contributed by atoms with E-state index in [9.17, 15) is 4.79 Å². The number of nitrogens with one attached hydrogen (secondary N) is 1. The van der Waals surface area contributed by atoms with Gasteiger partial charge in [0.15, 0.2) is 0 Å². The van der Waals surface area contributed by atoms with Crippen molar-refractivity contribution in [2.45, 2.75) is 13.5 Å². The van der Waals surface area contributed by atoms with Crippen molar-refractivity contribution in [1.29, 1.82) is 5.26 Å². The molecule has 0 atom stereocenters. The van der Waals surface area contributed by atoms with Gasteiger partial charge >= 0.3 is 0 Å². The monoisotopic (exact) mass is 376 g/mol. The fourth-order valence-corrected chi connectivity index (χ4v) is 2.83. The molecule has 0 aliphatic rings. The summed E-state index contributed by atoms with van der Waals surface area (Å²) in [7, 11) is 0. The molecule has 27 heavy (non-hydrogen) atoms. The number of nitrogens with zero attached hydrogens (tertiary/aromatic N) is 1. The van der Waals surface area contributed by atoms with Gasteiger partial charge in [0.25, 0.3) is 5.91 Å². The van der Waals surface area contributed by atoms with Crippen molar-refractivity contribution in [1.82, 2.24) is 0 Å². The van der Waals surface area contributed by atoms with E-state index >= 15 is 0 Å². The Morgan fingerprint density at radius 1 is 1.11 bits per heavy atom. The molecule has 3 aromatic rings. The summed E-state index contributed by atoms with van der Waals surface area (Å²) >= 11 is 5.95. The second-order valence-corrected chi connectivity index (χ2v) is 6.44. The smallest absolute Gasteiger partial charge is 0.255 e. The number of carbonyl (C=O) groups excluding carboxylic acids is 1. The first kappa shape index (κ1) is 18.5. The first-order chi connectivity index (χ1) is 13.1. The molecule has 0 radical (unpaired) electrons. The van der Waals surface area contributed by atoms with Crippen LogP contribution in [0.25, 0.3) is 0 Å². The number of anilines is 1. The second-order valence-electron chi connectivity index (χ2n) is 6.00. The highest BCUT2D eigenvalue weighted by Gasteiger charge is 2.10. The van der Waals surface area contributed by atoms with Crippen LogP contribution >= 0.6 is 11.6 Å². The highest BCUT2D eigenvalue weighted by atomic mass is 35.5. The van der Waals surface area contributed by atoms with Crippen molar-refractivity contribution in [2.75, 3.05) is 5.32 Å². The fourth-order valence-electron chi connectivity index (χ4n) is 2.61. The first-order valence-corrected chi connectivity index (χ1v) is 8.73.